The number of hydrogen-bond acceptors (Lipinski definition) is 2. The van der Waals surface area contributed by atoms with E-state index >= 15 is 0 Å². The summed E-state index contributed by atoms with van der Waals surface area (Å²) in [6, 6.07) is 2.15. The van der Waals surface area contributed by atoms with E-state index in [1.807, 2.05) is 0 Å². The van der Waals surface area contributed by atoms with Crippen LogP contribution in [0.4, 0.5) is 0 Å². The van der Waals surface area contributed by atoms with E-state index in [9.17, 15) is 0 Å². The molecule has 0 atom stereocenters. The normalized spacial score (nSPS) is 12.4. The topological polar surface area (TPSA) is 12.0 Å². The summed E-state index contributed by atoms with van der Waals surface area (Å²) in [7, 11) is 0. The highest BCUT2D eigenvalue weighted by molar-refractivity contribution is 9.10. The van der Waals surface area contributed by atoms with Crippen LogP contribution in [0.2, 0.25) is 4.34 Å². The number of nitrogens with one attached hydrogen (secondary N) is 1. The van der Waals surface area contributed by atoms with Gasteiger partial charge in [0, 0.05) is 9.35 Å². The fourth-order valence-electron chi connectivity index (χ4n) is 1.92. The van der Waals surface area contributed by atoms with Crippen LogP contribution in [-0.2, 0) is 6.42 Å². The smallest absolute Gasteiger partial charge is 0.107 e. The Morgan fingerprint density at radius 2 is 2.05 bits per heavy atom. The molecule has 0 aliphatic rings. The standard InChI is InChI=1S/C15H25BrClNS/c1-11(2)10-18-8-7-15(3,4)6-5-12-9-13(16)14(17)19-12/h9,11,18H,5-8,10H2,1-4H3. The van der Waals surface area contributed by atoms with E-state index in [0.717, 1.165) is 34.2 Å². The van der Waals surface area contributed by atoms with E-state index in [-0.39, 0.29) is 0 Å². The van der Waals surface area contributed by atoms with Crippen molar-refractivity contribution in [1.29, 1.82) is 0 Å². The summed E-state index contributed by atoms with van der Waals surface area (Å²) in [4.78, 5) is 1.38. The molecule has 1 aromatic rings. The van der Waals surface area contributed by atoms with E-state index in [2.05, 4.69) is 55.0 Å². The maximum Gasteiger partial charge on any atom is 0.107 e. The molecule has 0 fully saturated rings. The van der Waals surface area contributed by atoms with Gasteiger partial charge in [0.25, 0.3) is 0 Å². The highest BCUT2D eigenvalue weighted by Gasteiger charge is 2.18. The number of hydrogen-bond donors (Lipinski definition) is 1. The molecule has 19 heavy (non-hydrogen) atoms. The SMILES string of the molecule is CC(C)CNCCC(C)(C)CCc1cc(Br)c(Cl)s1. The van der Waals surface area contributed by atoms with Crippen LogP contribution in [0.3, 0.4) is 0 Å². The summed E-state index contributed by atoms with van der Waals surface area (Å²) in [5, 5.41) is 3.53. The van der Waals surface area contributed by atoms with Gasteiger partial charge in [0.1, 0.15) is 4.34 Å². The average molecular weight is 367 g/mol. The van der Waals surface area contributed by atoms with Crippen molar-refractivity contribution in [3.05, 3.63) is 19.8 Å². The van der Waals surface area contributed by atoms with Gasteiger partial charge in [-0.3, -0.25) is 0 Å². The summed E-state index contributed by atoms with van der Waals surface area (Å²) in [5.41, 5.74) is 0.382. The summed E-state index contributed by atoms with van der Waals surface area (Å²) >= 11 is 11.2. The van der Waals surface area contributed by atoms with Crippen LogP contribution < -0.4 is 5.32 Å². The van der Waals surface area contributed by atoms with Crippen molar-refractivity contribution in [2.24, 2.45) is 11.3 Å². The van der Waals surface area contributed by atoms with Gasteiger partial charge in [-0.2, -0.15) is 0 Å². The largest absolute Gasteiger partial charge is 0.316 e. The molecule has 0 saturated carbocycles. The van der Waals surface area contributed by atoms with Gasteiger partial charge in [-0.1, -0.05) is 39.3 Å². The summed E-state index contributed by atoms with van der Waals surface area (Å²) in [6.07, 6.45) is 3.55. The predicted molar refractivity (Wildman–Crippen MR) is 91.5 cm³/mol. The Kier molecular flexibility index (Phi) is 7.37. The van der Waals surface area contributed by atoms with E-state index < -0.39 is 0 Å². The number of thiophene rings is 1. The second-order valence-electron chi connectivity index (χ2n) is 6.35. The third kappa shape index (κ3) is 7.12. The third-order valence-corrected chi connectivity index (χ3v) is 5.81. The lowest BCUT2D eigenvalue weighted by atomic mass is 9.84. The maximum absolute atomic E-state index is 6.07. The molecule has 0 radical (unpaired) electrons. The minimum Gasteiger partial charge on any atom is -0.316 e. The van der Waals surface area contributed by atoms with Crippen molar-refractivity contribution in [3.8, 4) is 0 Å². The molecule has 0 aliphatic carbocycles. The van der Waals surface area contributed by atoms with Crippen LogP contribution in [0.15, 0.2) is 10.5 Å². The Balaban J connectivity index is 2.29. The molecule has 0 unspecified atom stereocenters. The molecule has 0 spiro atoms. The molecule has 1 nitrogen and oxygen atoms in total. The highest BCUT2D eigenvalue weighted by atomic mass is 79.9. The fraction of sp³-hybridized carbons (Fsp3) is 0.733. The monoisotopic (exact) mass is 365 g/mol. The second kappa shape index (κ2) is 8.02. The lowest BCUT2D eigenvalue weighted by molar-refractivity contribution is 0.300. The molecular weight excluding hydrogens is 342 g/mol. The number of halogens is 2. The van der Waals surface area contributed by atoms with Gasteiger partial charge in [0.2, 0.25) is 0 Å². The van der Waals surface area contributed by atoms with Crippen molar-refractivity contribution >= 4 is 38.9 Å². The Hall–Kier alpha value is 0.430. The fourth-order valence-corrected chi connectivity index (χ4v) is 3.71. The minimum atomic E-state index is 0.382. The Bertz CT molecular complexity index is 368. The number of rotatable bonds is 8. The van der Waals surface area contributed by atoms with Crippen molar-refractivity contribution in [2.45, 2.75) is 47.0 Å². The van der Waals surface area contributed by atoms with E-state index in [1.165, 1.54) is 17.7 Å². The molecule has 1 heterocycles. The van der Waals surface area contributed by atoms with E-state index in [0.29, 0.717) is 5.41 Å². The molecular formula is C15H25BrClNS. The van der Waals surface area contributed by atoms with E-state index in [1.54, 1.807) is 11.3 Å². The van der Waals surface area contributed by atoms with Crippen LogP contribution in [-0.4, -0.2) is 13.1 Å². The highest BCUT2D eigenvalue weighted by Crippen LogP contribution is 2.35. The quantitative estimate of drug-likeness (QED) is 0.577. The van der Waals surface area contributed by atoms with Gasteiger partial charge in [0.15, 0.2) is 0 Å². The average Bonchev–Trinajstić information content (AvgIpc) is 2.62. The second-order valence-corrected chi connectivity index (χ2v) is 8.94. The van der Waals surface area contributed by atoms with Crippen LogP contribution in [0, 0.1) is 11.3 Å². The van der Waals surface area contributed by atoms with Gasteiger partial charge in [0.05, 0.1) is 0 Å². The molecule has 1 rings (SSSR count). The van der Waals surface area contributed by atoms with Gasteiger partial charge in [-0.05, 0) is 65.7 Å². The van der Waals surface area contributed by atoms with Crippen molar-refractivity contribution in [1.82, 2.24) is 5.32 Å². The van der Waals surface area contributed by atoms with Gasteiger partial charge >= 0.3 is 0 Å². The van der Waals surface area contributed by atoms with E-state index in [4.69, 9.17) is 11.6 Å². The molecule has 0 bridgehead atoms. The lowest BCUT2D eigenvalue weighted by Crippen LogP contribution is -2.25. The first kappa shape index (κ1) is 17.5. The molecule has 1 aromatic heterocycles. The molecule has 0 aromatic carbocycles. The Morgan fingerprint density at radius 1 is 1.37 bits per heavy atom. The Morgan fingerprint density at radius 3 is 2.58 bits per heavy atom. The molecule has 0 aliphatic heterocycles. The lowest BCUT2D eigenvalue weighted by Gasteiger charge is -2.24. The Labute approximate surface area is 135 Å². The summed E-state index contributed by atoms with van der Waals surface area (Å²) in [6.45, 7) is 11.4. The van der Waals surface area contributed by atoms with Crippen molar-refractivity contribution < 1.29 is 0 Å². The zero-order valence-corrected chi connectivity index (χ0v) is 15.5. The summed E-state index contributed by atoms with van der Waals surface area (Å²) in [5.74, 6) is 0.730. The molecule has 0 amide bonds. The molecule has 1 N–H and O–H groups in total. The first-order chi connectivity index (χ1) is 8.80. The van der Waals surface area contributed by atoms with Crippen LogP contribution >= 0.6 is 38.9 Å². The maximum atomic E-state index is 6.07. The first-order valence-electron chi connectivity index (χ1n) is 6.94. The van der Waals surface area contributed by atoms with Crippen LogP contribution in [0.1, 0.15) is 45.4 Å². The number of aryl methyl sites for hydroxylation is 1. The van der Waals surface area contributed by atoms with Gasteiger partial charge in [-0.15, -0.1) is 11.3 Å². The van der Waals surface area contributed by atoms with Crippen LogP contribution in [0.25, 0.3) is 0 Å². The zero-order valence-electron chi connectivity index (χ0n) is 12.4. The third-order valence-electron chi connectivity index (χ3n) is 3.28. The molecule has 4 heteroatoms. The predicted octanol–water partition coefficient (Wildman–Crippen LogP) is 5.76. The minimum absolute atomic E-state index is 0.382. The van der Waals surface area contributed by atoms with Crippen molar-refractivity contribution in [3.63, 3.8) is 0 Å². The van der Waals surface area contributed by atoms with Gasteiger partial charge < -0.3 is 5.32 Å². The van der Waals surface area contributed by atoms with Gasteiger partial charge in [-0.25, -0.2) is 0 Å². The van der Waals surface area contributed by atoms with Crippen LogP contribution in [0.5, 0.6) is 0 Å². The van der Waals surface area contributed by atoms with Crippen molar-refractivity contribution in [2.75, 3.05) is 13.1 Å². The zero-order chi connectivity index (χ0) is 14.5. The first-order valence-corrected chi connectivity index (χ1v) is 8.93. The molecule has 0 saturated heterocycles. The molecule has 110 valence electrons. The summed E-state index contributed by atoms with van der Waals surface area (Å²) < 4.78 is 1.90.